The summed E-state index contributed by atoms with van der Waals surface area (Å²) in [6.45, 7) is 2.17. The molecule has 0 amide bonds. The summed E-state index contributed by atoms with van der Waals surface area (Å²) in [5.41, 5.74) is 3.95. The maximum absolute atomic E-state index is 10.2. The molecule has 0 aromatic heterocycles. The highest BCUT2D eigenvalue weighted by atomic mass is 16.3. The first-order valence-electron chi connectivity index (χ1n) is 6.77. The number of unbranched alkanes of at least 4 members (excludes halogenated alkanes) is 1. The molecule has 0 aliphatic heterocycles. The second kappa shape index (κ2) is 6.02. The van der Waals surface area contributed by atoms with E-state index in [1.54, 1.807) is 0 Å². The van der Waals surface area contributed by atoms with Gasteiger partial charge in [-0.05, 0) is 42.4 Å². The first-order valence-corrected chi connectivity index (χ1v) is 6.77. The smallest absolute Gasteiger partial charge is 0.0753 e. The third kappa shape index (κ3) is 3.19. The molecule has 1 atom stereocenters. The van der Waals surface area contributed by atoms with Crippen molar-refractivity contribution in [3.63, 3.8) is 0 Å². The summed E-state index contributed by atoms with van der Waals surface area (Å²) >= 11 is 0. The van der Waals surface area contributed by atoms with Gasteiger partial charge in [0.15, 0.2) is 0 Å². The second-order valence-electron chi connectivity index (χ2n) is 4.93. The van der Waals surface area contributed by atoms with Crippen molar-refractivity contribution in [3.05, 3.63) is 41.0 Å². The van der Waals surface area contributed by atoms with Gasteiger partial charge >= 0.3 is 0 Å². The minimum atomic E-state index is -0.235. The van der Waals surface area contributed by atoms with Crippen LogP contribution in [0.5, 0.6) is 0 Å². The maximum atomic E-state index is 10.2. The summed E-state index contributed by atoms with van der Waals surface area (Å²) in [6.07, 6.45) is 8.48. The lowest BCUT2D eigenvalue weighted by atomic mass is 9.99. The predicted octanol–water partition coefficient (Wildman–Crippen LogP) is 3.96. The molecule has 0 fully saturated rings. The van der Waals surface area contributed by atoms with Crippen LogP contribution in [-0.4, -0.2) is 11.2 Å². The second-order valence-corrected chi connectivity index (χ2v) is 4.93. The molecule has 1 aromatic rings. The van der Waals surface area contributed by atoms with Gasteiger partial charge in [-0.15, -0.1) is 0 Å². The number of aryl methyl sites for hydroxylation is 1. The quantitative estimate of drug-likeness (QED) is 0.830. The van der Waals surface area contributed by atoms with E-state index in [0.29, 0.717) is 0 Å². The molecule has 1 N–H and O–H groups in total. The van der Waals surface area contributed by atoms with E-state index >= 15 is 0 Å². The molecule has 0 saturated heterocycles. The van der Waals surface area contributed by atoms with Crippen LogP contribution in [0.4, 0.5) is 0 Å². The van der Waals surface area contributed by atoms with Gasteiger partial charge in [0, 0.05) is 0 Å². The fourth-order valence-electron chi connectivity index (χ4n) is 2.50. The van der Waals surface area contributed by atoms with E-state index in [0.717, 1.165) is 38.5 Å². The van der Waals surface area contributed by atoms with Crippen molar-refractivity contribution in [3.8, 4) is 0 Å². The Morgan fingerprint density at radius 1 is 1.24 bits per heavy atom. The van der Waals surface area contributed by atoms with Crippen molar-refractivity contribution in [1.29, 1.82) is 0 Å². The molecule has 0 heterocycles. The Morgan fingerprint density at radius 3 is 2.88 bits per heavy atom. The monoisotopic (exact) mass is 230 g/mol. The van der Waals surface area contributed by atoms with E-state index in [1.807, 2.05) is 0 Å². The van der Waals surface area contributed by atoms with Crippen molar-refractivity contribution < 1.29 is 5.11 Å². The van der Waals surface area contributed by atoms with Gasteiger partial charge in [0.2, 0.25) is 0 Å². The van der Waals surface area contributed by atoms with E-state index in [9.17, 15) is 5.11 Å². The Morgan fingerprint density at radius 2 is 2.06 bits per heavy atom. The van der Waals surface area contributed by atoms with Crippen LogP contribution in [0.1, 0.15) is 50.2 Å². The van der Waals surface area contributed by atoms with Crippen LogP contribution in [0.2, 0.25) is 0 Å². The number of rotatable bonds is 4. The van der Waals surface area contributed by atoms with Crippen LogP contribution in [0.3, 0.4) is 0 Å². The summed E-state index contributed by atoms with van der Waals surface area (Å²) in [4.78, 5) is 0. The third-order valence-corrected chi connectivity index (χ3v) is 3.57. The molecule has 1 unspecified atom stereocenters. The maximum Gasteiger partial charge on any atom is 0.0753 e. The zero-order valence-corrected chi connectivity index (χ0v) is 10.7. The lowest BCUT2D eigenvalue weighted by molar-refractivity contribution is 0.193. The molecule has 1 heteroatoms. The summed E-state index contributed by atoms with van der Waals surface area (Å²) in [5, 5.41) is 10.2. The van der Waals surface area contributed by atoms with Gasteiger partial charge in [0.05, 0.1) is 6.10 Å². The van der Waals surface area contributed by atoms with Gasteiger partial charge in [-0.1, -0.05) is 50.1 Å². The Balaban J connectivity index is 2.16. The van der Waals surface area contributed by atoms with Crippen molar-refractivity contribution in [2.45, 2.75) is 51.6 Å². The first kappa shape index (κ1) is 12.4. The minimum absolute atomic E-state index is 0.235. The average molecular weight is 230 g/mol. The van der Waals surface area contributed by atoms with Gasteiger partial charge in [-0.3, -0.25) is 0 Å². The standard InChI is InChI=1S/C16H22O/c1-2-3-11-16(17)15-10-6-9-13-7-4-5-8-14(13)12-15/h4-5,7-8,12,16-17H,2-3,6,9-11H2,1H3. The van der Waals surface area contributed by atoms with Crippen LogP contribution < -0.4 is 0 Å². The molecule has 17 heavy (non-hydrogen) atoms. The third-order valence-electron chi connectivity index (χ3n) is 3.57. The highest BCUT2D eigenvalue weighted by Gasteiger charge is 2.14. The number of fused-ring (bicyclic) bond motifs is 1. The minimum Gasteiger partial charge on any atom is -0.389 e. The highest BCUT2D eigenvalue weighted by molar-refractivity contribution is 5.58. The Hall–Kier alpha value is -1.08. The van der Waals surface area contributed by atoms with Crippen LogP contribution in [0, 0.1) is 0 Å². The zero-order chi connectivity index (χ0) is 12.1. The van der Waals surface area contributed by atoms with Gasteiger partial charge < -0.3 is 5.11 Å². The fourth-order valence-corrected chi connectivity index (χ4v) is 2.50. The Kier molecular flexibility index (Phi) is 4.38. The molecular formula is C16H22O. The van der Waals surface area contributed by atoms with Crippen molar-refractivity contribution >= 4 is 6.08 Å². The van der Waals surface area contributed by atoms with E-state index in [-0.39, 0.29) is 6.10 Å². The topological polar surface area (TPSA) is 20.2 Å². The molecule has 0 radical (unpaired) electrons. The van der Waals surface area contributed by atoms with Crippen molar-refractivity contribution in [2.75, 3.05) is 0 Å². The van der Waals surface area contributed by atoms with E-state index in [1.165, 1.54) is 16.7 Å². The molecule has 0 bridgehead atoms. The SMILES string of the molecule is CCCCC(O)C1=Cc2ccccc2CCC1. The normalized spacial score (nSPS) is 16.9. The van der Waals surface area contributed by atoms with Crippen molar-refractivity contribution in [2.24, 2.45) is 0 Å². The number of benzene rings is 1. The van der Waals surface area contributed by atoms with Crippen molar-refractivity contribution in [1.82, 2.24) is 0 Å². The lowest BCUT2D eigenvalue weighted by Gasteiger charge is -2.13. The van der Waals surface area contributed by atoms with Gasteiger partial charge in [-0.25, -0.2) is 0 Å². The highest BCUT2D eigenvalue weighted by Crippen LogP contribution is 2.26. The largest absolute Gasteiger partial charge is 0.389 e. The molecule has 1 aromatic carbocycles. The molecule has 1 nitrogen and oxygen atoms in total. The first-order chi connectivity index (χ1) is 8.31. The average Bonchev–Trinajstić information content (AvgIpc) is 2.58. The molecule has 92 valence electrons. The molecular weight excluding hydrogens is 208 g/mol. The molecule has 0 spiro atoms. The van der Waals surface area contributed by atoms with Gasteiger partial charge in [-0.2, -0.15) is 0 Å². The van der Waals surface area contributed by atoms with E-state index < -0.39 is 0 Å². The van der Waals surface area contributed by atoms with E-state index in [4.69, 9.17) is 0 Å². The number of aliphatic hydroxyl groups excluding tert-OH is 1. The molecule has 1 aliphatic rings. The number of aliphatic hydroxyl groups is 1. The molecule has 1 aliphatic carbocycles. The van der Waals surface area contributed by atoms with Crippen LogP contribution in [0.15, 0.2) is 29.8 Å². The molecule has 0 saturated carbocycles. The molecule has 2 rings (SSSR count). The zero-order valence-electron chi connectivity index (χ0n) is 10.7. The van der Waals surface area contributed by atoms with Gasteiger partial charge in [0.1, 0.15) is 0 Å². The van der Waals surface area contributed by atoms with Gasteiger partial charge in [0.25, 0.3) is 0 Å². The fraction of sp³-hybridized carbons (Fsp3) is 0.500. The summed E-state index contributed by atoms with van der Waals surface area (Å²) in [6, 6.07) is 8.54. The number of hydrogen-bond donors (Lipinski definition) is 1. The Labute approximate surface area is 104 Å². The van der Waals surface area contributed by atoms with Crippen LogP contribution in [-0.2, 0) is 6.42 Å². The summed E-state index contributed by atoms with van der Waals surface area (Å²) in [5.74, 6) is 0. The van der Waals surface area contributed by atoms with Crippen LogP contribution in [0.25, 0.3) is 6.08 Å². The summed E-state index contributed by atoms with van der Waals surface area (Å²) < 4.78 is 0. The number of hydrogen-bond acceptors (Lipinski definition) is 1. The summed E-state index contributed by atoms with van der Waals surface area (Å²) in [7, 11) is 0. The van der Waals surface area contributed by atoms with Crippen LogP contribution >= 0.6 is 0 Å². The van der Waals surface area contributed by atoms with E-state index in [2.05, 4.69) is 37.3 Å². The Bertz CT molecular complexity index is 392. The lowest BCUT2D eigenvalue weighted by Crippen LogP contribution is -2.09. The predicted molar refractivity (Wildman–Crippen MR) is 72.9 cm³/mol.